The third kappa shape index (κ3) is 5.25. The minimum atomic E-state index is -0.698. The van der Waals surface area contributed by atoms with Gasteiger partial charge in [0.15, 0.2) is 0 Å². The first-order chi connectivity index (χ1) is 21.5. The highest BCUT2D eigenvalue weighted by Crippen LogP contribution is 2.42. The number of benzene rings is 4. The van der Waals surface area contributed by atoms with E-state index in [-0.39, 0.29) is 11.3 Å². The molecule has 0 bridgehead atoms. The van der Waals surface area contributed by atoms with Gasteiger partial charge in [-0.2, -0.15) is 5.10 Å². The molecule has 6 aromatic rings. The Labute approximate surface area is 254 Å². The quantitative estimate of drug-likeness (QED) is 0.0588. The maximum Gasteiger partial charge on any atom is 0.330 e. The third-order valence-corrected chi connectivity index (χ3v) is 7.84. The van der Waals surface area contributed by atoms with Crippen LogP contribution in [0.4, 0.5) is 5.69 Å². The van der Waals surface area contributed by atoms with E-state index < -0.39 is 16.3 Å². The highest BCUT2D eigenvalue weighted by Gasteiger charge is 2.38. The first-order valence-corrected chi connectivity index (χ1v) is 14.0. The molecule has 0 saturated heterocycles. The van der Waals surface area contributed by atoms with Crippen molar-refractivity contribution in [3.63, 3.8) is 0 Å². The van der Waals surface area contributed by atoms with Gasteiger partial charge in [0.25, 0.3) is 5.69 Å². The van der Waals surface area contributed by atoms with Gasteiger partial charge < -0.3 is 4.74 Å². The Hall–Kier alpha value is -5.89. The fourth-order valence-corrected chi connectivity index (χ4v) is 5.75. The number of hydrogen-bond donors (Lipinski definition) is 0. The lowest BCUT2D eigenvalue weighted by molar-refractivity contribution is -0.385. The second-order valence-corrected chi connectivity index (χ2v) is 10.3. The number of aromatic nitrogens is 3. The molecule has 2 heterocycles. The van der Waals surface area contributed by atoms with E-state index in [4.69, 9.17) is 9.84 Å². The highest BCUT2D eigenvalue weighted by atomic mass is 16.6. The number of pyridine rings is 1. The monoisotopic (exact) mass is 580 g/mol. The van der Waals surface area contributed by atoms with Crippen LogP contribution in [0.25, 0.3) is 28.2 Å². The summed E-state index contributed by atoms with van der Waals surface area (Å²) in [5, 5.41) is 18.2. The molecular formula is C36H28N4O4. The van der Waals surface area contributed by atoms with E-state index in [9.17, 15) is 14.9 Å². The summed E-state index contributed by atoms with van der Waals surface area (Å²) in [5.74, 6) is -0.609. The van der Waals surface area contributed by atoms with Gasteiger partial charge in [-0.3, -0.25) is 19.8 Å². The van der Waals surface area contributed by atoms with Crippen LogP contribution in [0.1, 0.15) is 22.3 Å². The number of ether oxygens (including phenoxy) is 1. The largest absolute Gasteiger partial charge is 0.466 e. The van der Waals surface area contributed by atoms with Crippen molar-refractivity contribution in [3.8, 4) is 11.3 Å². The average Bonchev–Trinajstić information content (AvgIpc) is 3.44. The summed E-state index contributed by atoms with van der Waals surface area (Å²) in [6.45, 7) is 0.348. The molecule has 2 aromatic heterocycles. The van der Waals surface area contributed by atoms with Crippen LogP contribution in [0, 0.1) is 10.1 Å². The number of carbonyl (C=O) groups excluding carboxylic acids is 1. The normalized spacial score (nSPS) is 11.6. The smallest absolute Gasteiger partial charge is 0.330 e. The molecule has 0 saturated carbocycles. The standard InChI is InChI=1S/C36H28N4O4/c1-44-34(41)18-17-27-23-31-33(24-32(27)40(42)43)39(38-35(31)26-19-21-37-22-20-26)25-36(28-11-5-2-6-12-28,29-13-7-3-8-14-29)30-15-9-4-10-16-30/h2-24H,25H2,1H3/b18-17+. The predicted octanol–water partition coefficient (Wildman–Crippen LogP) is 7.23. The molecule has 0 spiro atoms. The number of carbonyl (C=O) groups is 1. The molecule has 4 aromatic carbocycles. The number of rotatable bonds is 9. The van der Waals surface area contributed by atoms with E-state index in [1.54, 1.807) is 18.5 Å². The number of methoxy groups -OCH3 is 1. The molecule has 0 unspecified atom stereocenters. The number of esters is 1. The van der Waals surface area contributed by atoms with E-state index in [0.29, 0.717) is 23.1 Å². The van der Waals surface area contributed by atoms with Crippen molar-refractivity contribution < 1.29 is 14.5 Å². The molecule has 0 atom stereocenters. The first kappa shape index (κ1) is 28.2. The summed E-state index contributed by atoms with van der Waals surface area (Å²) in [6.07, 6.45) is 5.95. The van der Waals surface area contributed by atoms with Gasteiger partial charge in [0, 0.05) is 35.5 Å². The van der Waals surface area contributed by atoms with Crippen LogP contribution >= 0.6 is 0 Å². The molecular weight excluding hydrogens is 552 g/mol. The second kappa shape index (κ2) is 12.1. The zero-order valence-electron chi connectivity index (χ0n) is 23.9. The summed E-state index contributed by atoms with van der Waals surface area (Å²) >= 11 is 0. The summed E-state index contributed by atoms with van der Waals surface area (Å²) in [5.41, 5.74) is 4.63. The number of hydrogen-bond acceptors (Lipinski definition) is 6. The third-order valence-electron chi connectivity index (χ3n) is 7.84. The minimum absolute atomic E-state index is 0.148. The molecule has 0 aliphatic heterocycles. The van der Waals surface area contributed by atoms with Crippen molar-refractivity contribution in [2.24, 2.45) is 0 Å². The maximum absolute atomic E-state index is 12.3. The Morgan fingerprint density at radius 2 is 1.41 bits per heavy atom. The topological polar surface area (TPSA) is 100 Å². The molecule has 0 fully saturated rings. The number of nitrogens with zero attached hydrogens (tertiary/aromatic N) is 4. The van der Waals surface area contributed by atoms with Crippen LogP contribution in [-0.2, 0) is 21.5 Å². The van der Waals surface area contributed by atoms with Gasteiger partial charge in [0.2, 0.25) is 0 Å². The molecule has 8 heteroatoms. The van der Waals surface area contributed by atoms with E-state index in [0.717, 1.165) is 22.3 Å². The Morgan fingerprint density at radius 3 is 1.91 bits per heavy atom. The molecule has 0 amide bonds. The van der Waals surface area contributed by atoms with Gasteiger partial charge >= 0.3 is 5.97 Å². The lowest BCUT2D eigenvalue weighted by Crippen LogP contribution is -2.35. The van der Waals surface area contributed by atoms with Gasteiger partial charge in [-0.25, -0.2) is 4.79 Å². The minimum Gasteiger partial charge on any atom is -0.466 e. The van der Waals surface area contributed by atoms with E-state index in [1.807, 2.05) is 71.4 Å². The Bertz CT molecular complexity index is 1860. The second-order valence-electron chi connectivity index (χ2n) is 10.3. The summed E-state index contributed by atoms with van der Waals surface area (Å²) < 4.78 is 6.58. The van der Waals surface area contributed by atoms with Crippen molar-refractivity contribution in [3.05, 3.63) is 166 Å². The summed E-state index contributed by atoms with van der Waals surface area (Å²) in [7, 11) is 1.26. The fraction of sp³-hybridized carbons (Fsp3) is 0.0833. The Balaban J connectivity index is 1.66. The molecule has 6 rings (SSSR count). The number of nitro groups is 1. The van der Waals surface area contributed by atoms with Crippen molar-refractivity contribution >= 4 is 28.6 Å². The summed E-state index contributed by atoms with van der Waals surface area (Å²) in [6, 6.07) is 37.7. The van der Waals surface area contributed by atoms with Gasteiger partial charge in [0.05, 0.1) is 35.1 Å². The molecule has 0 radical (unpaired) electrons. The van der Waals surface area contributed by atoms with Crippen LogP contribution in [0.15, 0.2) is 134 Å². The average molecular weight is 581 g/mol. The maximum atomic E-state index is 12.3. The van der Waals surface area contributed by atoms with E-state index >= 15 is 0 Å². The van der Waals surface area contributed by atoms with E-state index in [2.05, 4.69) is 41.4 Å². The SMILES string of the molecule is COC(=O)/C=C/c1cc2c(-c3ccncc3)nn(CC(c3ccccc3)(c3ccccc3)c3ccccc3)c2cc1[N+](=O)[O-]. The van der Waals surface area contributed by atoms with Crippen LogP contribution in [0.2, 0.25) is 0 Å². The van der Waals surface area contributed by atoms with Crippen molar-refractivity contribution in [2.45, 2.75) is 12.0 Å². The predicted molar refractivity (Wildman–Crippen MR) is 170 cm³/mol. The molecule has 0 N–H and O–H groups in total. The number of fused-ring (bicyclic) bond motifs is 1. The lowest BCUT2D eigenvalue weighted by Gasteiger charge is -2.36. The van der Waals surface area contributed by atoms with Gasteiger partial charge in [-0.05, 0) is 41.0 Å². The Kier molecular flexibility index (Phi) is 7.80. The molecule has 216 valence electrons. The van der Waals surface area contributed by atoms with E-state index in [1.165, 1.54) is 25.3 Å². The van der Waals surface area contributed by atoms with Crippen LogP contribution in [-0.4, -0.2) is 32.8 Å². The molecule has 0 aliphatic carbocycles. The number of nitro benzene ring substituents is 1. The lowest BCUT2D eigenvalue weighted by atomic mass is 9.69. The molecule has 44 heavy (non-hydrogen) atoms. The van der Waals surface area contributed by atoms with Crippen LogP contribution in [0.5, 0.6) is 0 Å². The van der Waals surface area contributed by atoms with Gasteiger partial charge in [-0.15, -0.1) is 0 Å². The van der Waals surface area contributed by atoms with Crippen LogP contribution in [0.3, 0.4) is 0 Å². The summed E-state index contributed by atoms with van der Waals surface area (Å²) in [4.78, 5) is 27.9. The van der Waals surface area contributed by atoms with Crippen LogP contribution < -0.4 is 0 Å². The van der Waals surface area contributed by atoms with Gasteiger partial charge in [0.1, 0.15) is 5.69 Å². The Morgan fingerprint density at radius 1 is 0.864 bits per heavy atom. The zero-order valence-corrected chi connectivity index (χ0v) is 23.9. The highest BCUT2D eigenvalue weighted by molar-refractivity contribution is 5.98. The van der Waals surface area contributed by atoms with Gasteiger partial charge in [-0.1, -0.05) is 91.0 Å². The van der Waals surface area contributed by atoms with Crippen molar-refractivity contribution in [1.82, 2.24) is 14.8 Å². The fourth-order valence-electron chi connectivity index (χ4n) is 5.75. The van der Waals surface area contributed by atoms with Crippen molar-refractivity contribution in [1.29, 1.82) is 0 Å². The molecule has 8 nitrogen and oxygen atoms in total. The molecule has 0 aliphatic rings. The zero-order chi connectivity index (χ0) is 30.5. The van der Waals surface area contributed by atoms with Crippen molar-refractivity contribution in [2.75, 3.05) is 7.11 Å². The first-order valence-electron chi connectivity index (χ1n) is 14.0.